The average molecular weight is 381 g/mol. The van der Waals surface area contributed by atoms with Crippen molar-refractivity contribution in [1.29, 1.82) is 0 Å². The molecule has 0 saturated heterocycles. The summed E-state index contributed by atoms with van der Waals surface area (Å²) in [5.41, 5.74) is 4.27. The molecule has 0 atom stereocenters. The maximum absolute atomic E-state index is 14.9. The molecule has 3 aromatic rings. The monoisotopic (exact) mass is 380 g/mol. The maximum atomic E-state index is 14.9. The van der Waals surface area contributed by atoms with Crippen LogP contribution in [-0.4, -0.2) is 13.4 Å². The summed E-state index contributed by atoms with van der Waals surface area (Å²) in [6.45, 7) is 1.94. The quantitative estimate of drug-likeness (QED) is 0.368. The number of halogens is 2. The molecule has 0 fully saturated rings. The zero-order chi connectivity index (χ0) is 19.4. The van der Waals surface area contributed by atoms with Crippen molar-refractivity contribution in [1.82, 2.24) is 0 Å². The van der Waals surface area contributed by atoms with Crippen molar-refractivity contribution in [3.8, 4) is 16.9 Å². The number of hydrogen-bond donors (Lipinski definition) is 0. The van der Waals surface area contributed by atoms with Gasteiger partial charge in [-0.1, -0.05) is 54.1 Å². The van der Waals surface area contributed by atoms with Gasteiger partial charge in [-0.2, -0.15) is 0 Å². The highest BCUT2D eigenvalue weighted by Gasteiger charge is 2.11. The highest BCUT2D eigenvalue weighted by Crippen LogP contribution is 2.33. The van der Waals surface area contributed by atoms with Crippen molar-refractivity contribution < 1.29 is 13.9 Å². The minimum Gasteiger partial charge on any atom is -0.496 e. The van der Waals surface area contributed by atoms with Crippen molar-refractivity contribution in [2.24, 2.45) is 0 Å². The number of benzene rings is 3. The molecule has 0 unspecified atom stereocenters. The van der Waals surface area contributed by atoms with Gasteiger partial charge in [0.1, 0.15) is 11.6 Å². The summed E-state index contributed by atoms with van der Waals surface area (Å²) >= 11 is 6.31. The second kappa shape index (κ2) is 8.19. The first-order valence-electron chi connectivity index (χ1n) is 8.40. The van der Waals surface area contributed by atoms with E-state index in [1.54, 1.807) is 12.1 Å². The summed E-state index contributed by atoms with van der Waals surface area (Å²) in [6, 6.07) is 17.9. The molecule has 0 amide bonds. The summed E-state index contributed by atoms with van der Waals surface area (Å²) in [4.78, 5) is 11.0. The van der Waals surface area contributed by atoms with Gasteiger partial charge in [-0.3, -0.25) is 4.79 Å². The number of aldehydes is 1. The fourth-order valence-corrected chi connectivity index (χ4v) is 3.20. The average Bonchev–Trinajstić information content (AvgIpc) is 2.69. The minimum atomic E-state index is -0.412. The van der Waals surface area contributed by atoms with Crippen LogP contribution in [0.1, 0.15) is 27.0 Å². The van der Waals surface area contributed by atoms with Gasteiger partial charge in [-0.05, 0) is 47.9 Å². The molecular weight excluding hydrogens is 363 g/mol. The van der Waals surface area contributed by atoms with E-state index >= 15 is 0 Å². The molecule has 4 heteroatoms. The summed E-state index contributed by atoms with van der Waals surface area (Å²) in [5, 5.41) is 0.649. The zero-order valence-corrected chi connectivity index (χ0v) is 15.8. The lowest BCUT2D eigenvalue weighted by molar-refractivity contribution is 0.112. The van der Waals surface area contributed by atoms with Gasteiger partial charge in [-0.15, -0.1) is 0 Å². The largest absolute Gasteiger partial charge is 0.496 e. The zero-order valence-electron chi connectivity index (χ0n) is 15.0. The van der Waals surface area contributed by atoms with Gasteiger partial charge < -0.3 is 4.74 Å². The lowest BCUT2D eigenvalue weighted by Crippen LogP contribution is -1.92. The van der Waals surface area contributed by atoms with Crippen LogP contribution in [0.25, 0.3) is 23.0 Å². The molecule has 0 heterocycles. The Bertz CT molecular complexity index is 1020. The standard InChI is InChI=1S/C23H18ClFO2/c1-15-16(6-5-8-19(15)20-7-3-4-9-21(20)24)12-22(25)17-10-11-18(14-26)23(13-17)27-2/h3-14H,1-2H3. The highest BCUT2D eigenvalue weighted by atomic mass is 35.5. The van der Waals surface area contributed by atoms with E-state index in [2.05, 4.69) is 0 Å². The van der Waals surface area contributed by atoms with E-state index in [-0.39, 0.29) is 0 Å². The Morgan fingerprint density at radius 3 is 2.44 bits per heavy atom. The van der Waals surface area contributed by atoms with Crippen LogP contribution in [0.2, 0.25) is 5.02 Å². The van der Waals surface area contributed by atoms with E-state index in [1.807, 2.05) is 49.4 Å². The van der Waals surface area contributed by atoms with E-state index in [1.165, 1.54) is 19.3 Å². The first kappa shape index (κ1) is 18.9. The SMILES string of the molecule is COc1cc(C(F)=Cc2cccc(-c3ccccc3Cl)c2C)ccc1C=O. The first-order valence-corrected chi connectivity index (χ1v) is 8.78. The van der Waals surface area contributed by atoms with Gasteiger partial charge >= 0.3 is 0 Å². The lowest BCUT2D eigenvalue weighted by atomic mass is 9.95. The van der Waals surface area contributed by atoms with Crippen LogP contribution in [0, 0.1) is 6.92 Å². The van der Waals surface area contributed by atoms with Crippen LogP contribution in [0.4, 0.5) is 4.39 Å². The normalized spacial score (nSPS) is 11.3. The molecule has 0 aliphatic heterocycles. The van der Waals surface area contributed by atoms with E-state index in [4.69, 9.17) is 16.3 Å². The second-order valence-corrected chi connectivity index (χ2v) is 6.47. The minimum absolute atomic E-state index is 0.340. The summed E-state index contributed by atoms with van der Waals surface area (Å²) in [6.07, 6.45) is 2.16. The fraction of sp³-hybridized carbons (Fsp3) is 0.0870. The first-order chi connectivity index (χ1) is 13.0. The molecule has 2 nitrogen and oxygen atoms in total. The summed E-state index contributed by atoms with van der Waals surface area (Å²) < 4.78 is 20.0. The van der Waals surface area contributed by atoms with Crippen LogP contribution >= 0.6 is 11.6 Å². The molecule has 0 bridgehead atoms. The summed E-state index contributed by atoms with van der Waals surface area (Å²) in [7, 11) is 1.45. The maximum Gasteiger partial charge on any atom is 0.153 e. The van der Waals surface area contributed by atoms with E-state index < -0.39 is 5.83 Å². The van der Waals surface area contributed by atoms with Crippen LogP contribution in [0.5, 0.6) is 5.75 Å². The number of carbonyl (C=O) groups excluding carboxylic acids is 1. The van der Waals surface area contributed by atoms with E-state index in [0.717, 1.165) is 22.3 Å². The van der Waals surface area contributed by atoms with Gasteiger partial charge in [-0.25, -0.2) is 4.39 Å². The Kier molecular flexibility index (Phi) is 5.72. The molecule has 136 valence electrons. The van der Waals surface area contributed by atoms with E-state index in [9.17, 15) is 9.18 Å². The molecular formula is C23H18ClFO2. The third-order valence-corrected chi connectivity index (χ3v) is 4.79. The Morgan fingerprint density at radius 1 is 1.00 bits per heavy atom. The van der Waals surface area contributed by atoms with Crippen LogP contribution in [-0.2, 0) is 0 Å². The lowest BCUT2D eigenvalue weighted by Gasteiger charge is -2.11. The Hall–Kier alpha value is -2.91. The predicted molar refractivity (Wildman–Crippen MR) is 109 cm³/mol. The number of ether oxygens (including phenoxy) is 1. The van der Waals surface area contributed by atoms with Gasteiger partial charge in [0.25, 0.3) is 0 Å². The van der Waals surface area contributed by atoms with Gasteiger partial charge in [0, 0.05) is 16.1 Å². The predicted octanol–water partition coefficient (Wildman–Crippen LogP) is 6.60. The van der Waals surface area contributed by atoms with Crippen molar-refractivity contribution >= 4 is 29.8 Å². The van der Waals surface area contributed by atoms with Gasteiger partial charge in [0.15, 0.2) is 6.29 Å². The number of rotatable bonds is 5. The second-order valence-electron chi connectivity index (χ2n) is 6.07. The van der Waals surface area contributed by atoms with Crippen molar-refractivity contribution in [3.63, 3.8) is 0 Å². The van der Waals surface area contributed by atoms with Gasteiger partial charge in [0.2, 0.25) is 0 Å². The number of methoxy groups -OCH3 is 1. The van der Waals surface area contributed by atoms with Crippen molar-refractivity contribution in [3.05, 3.63) is 87.9 Å². The molecule has 0 spiro atoms. The molecule has 0 saturated carbocycles. The molecule has 3 aromatic carbocycles. The molecule has 0 radical (unpaired) electrons. The topological polar surface area (TPSA) is 26.3 Å². The van der Waals surface area contributed by atoms with Crippen LogP contribution in [0.15, 0.2) is 60.7 Å². The summed E-state index contributed by atoms with van der Waals surface area (Å²) in [5.74, 6) is -0.0715. The Morgan fingerprint density at radius 2 is 1.74 bits per heavy atom. The number of hydrogen-bond acceptors (Lipinski definition) is 2. The Labute approximate surface area is 162 Å². The van der Waals surface area contributed by atoms with Crippen LogP contribution < -0.4 is 4.74 Å². The molecule has 0 aliphatic rings. The molecule has 27 heavy (non-hydrogen) atoms. The number of carbonyl (C=O) groups is 1. The molecule has 3 rings (SSSR count). The van der Waals surface area contributed by atoms with Crippen molar-refractivity contribution in [2.75, 3.05) is 7.11 Å². The van der Waals surface area contributed by atoms with Crippen molar-refractivity contribution in [2.45, 2.75) is 6.92 Å². The third-order valence-electron chi connectivity index (χ3n) is 4.46. The molecule has 0 aliphatic carbocycles. The van der Waals surface area contributed by atoms with Crippen LogP contribution in [0.3, 0.4) is 0 Å². The highest BCUT2D eigenvalue weighted by molar-refractivity contribution is 6.33. The molecule has 0 aromatic heterocycles. The van der Waals surface area contributed by atoms with Gasteiger partial charge in [0.05, 0.1) is 12.7 Å². The Balaban J connectivity index is 2.04. The molecule has 0 N–H and O–H groups in total. The smallest absolute Gasteiger partial charge is 0.153 e. The third kappa shape index (κ3) is 3.93. The van der Waals surface area contributed by atoms with E-state index in [0.29, 0.717) is 28.2 Å². The fourth-order valence-electron chi connectivity index (χ4n) is 2.96.